The number of methoxy groups -OCH3 is 1. The van der Waals surface area contributed by atoms with Gasteiger partial charge in [0.25, 0.3) is 0 Å². The summed E-state index contributed by atoms with van der Waals surface area (Å²) in [7, 11) is 7.57. The number of esters is 1. The average Bonchev–Trinajstić information content (AvgIpc) is 2.97. The minimum atomic E-state index is -0.262. The van der Waals surface area contributed by atoms with Crippen molar-refractivity contribution in [3.63, 3.8) is 0 Å². The Morgan fingerprint density at radius 2 is 1.46 bits per heavy atom. The van der Waals surface area contributed by atoms with Crippen molar-refractivity contribution >= 4 is 29.0 Å². The molecular formula is C33H34N4O2. The fourth-order valence-corrected chi connectivity index (χ4v) is 5.01. The third kappa shape index (κ3) is 5.65. The van der Waals surface area contributed by atoms with Crippen LogP contribution >= 0.6 is 0 Å². The highest BCUT2D eigenvalue weighted by molar-refractivity contribution is 6.01. The molecule has 0 saturated carbocycles. The van der Waals surface area contributed by atoms with E-state index in [2.05, 4.69) is 81.4 Å². The topological polar surface area (TPSA) is 48.4 Å². The lowest BCUT2D eigenvalue weighted by Gasteiger charge is -2.41. The molecule has 0 aromatic heterocycles. The van der Waals surface area contributed by atoms with Gasteiger partial charge >= 0.3 is 5.97 Å². The summed E-state index contributed by atoms with van der Waals surface area (Å²) < 4.78 is 5.13. The number of nitrogens with zero attached hydrogens (tertiary/aromatic N) is 4. The standard InChI is InChI=1S/C33H34N4O2/c1-35(2)27-18-14-24(15-19-27)23-36(3)33-34-30-13-9-8-12-29(30)31(22-32(38)39-4)37(33)28-20-16-26(17-21-28)25-10-6-5-7-11-25/h5-21,31H,22-23H2,1-4H3. The number of carbonyl (C=O) groups is 1. The first-order chi connectivity index (χ1) is 18.9. The quantitative estimate of drug-likeness (QED) is 0.256. The van der Waals surface area contributed by atoms with Crippen LogP contribution in [0.5, 0.6) is 0 Å². The van der Waals surface area contributed by atoms with Crippen LogP contribution in [-0.2, 0) is 16.1 Å². The van der Waals surface area contributed by atoms with E-state index in [0.29, 0.717) is 6.54 Å². The third-order valence-electron chi connectivity index (χ3n) is 7.10. The molecule has 6 heteroatoms. The molecule has 0 radical (unpaired) electrons. The van der Waals surface area contributed by atoms with Gasteiger partial charge in [-0.1, -0.05) is 72.8 Å². The van der Waals surface area contributed by atoms with Gasteiger partial charge in [0.15, 0.2) is 0 Å². The normalized spacial score (nSPS) is 14.3. The molecule has 39 heavy (non-hydrogen) atoms. The van der Waals surface area contributed by atoms with Crippen LogP contribution in [0.25, 0.3) is 11.1 Å². The first-order valence-corrected chi connectivity index (χ1v) is 13.1. The summed E-state index contributed by atoms with van der Waals surface area (Å²) in [5.41, 5.74) is 7.46. The third-order valence-corrected chi connectivity index (χ3v) is 7.10. The monoisotopic (exact) mass is 518 g/mol. The van der Waals surface area contributed by atoms with Gasteiger partial charge in [-0.15, -0.1) is 0 Å². The fraction of sp³-hybridized carbons (Fsp3) is 0.212. The van der Waals surface area contributed by atoms with E-state index in [1.54, 1.807) is 0 Å². The minimum Gasteiger partial charge on any atom is -0.469 e. The summed E-state index contributed by atoms with van der Waals surface area (Å²) in [6.07, 6.45) is 0.207. The number of aliphatic imine (C=N–C) groups is 1. The smallest absolute Gasteiger partial charge is 0.307 e. The highest BCUT2D eigenvalue weighted by atomic mass is 16.5. The Kier molecular flexibility index (Phi) is 7.64. The van der Waals surface area contributed by atoms with Crippen LogP contribution in [-0.4, -0.2) is 45.1 Å². The Morgan fingerprint density at radius 3 is 2.13 bits per heavy atom. The van der Waals surface area contributed by atoms with Crippen molar-refractivity contribution in [2.24, 2.45) is 4.99 Å². The second kappa shape index (κ2) is 11.4. The van der Waals surface area contributed by atoms with Gasteiger partial charge in [0, 0.05) is 44.6 Å². The van der Waals surface area contributed by atoms with Crippen LogP contribution in [0.2, 0.25) is 0 Å². The summed E-state index contributed by atoms with van der Waals surface area (Å²) >= 11 is 0. The maximum absolute atomic E-state index is 12.7. The number of rotatable bonds is 7. The maximum atomic E-state index is 12.7. The van der Waals surface area contributed by atoms with Crippen LogP contribution < -0.4 is 9.80 Å². The van der Waals surface area contributed by atoms with E-state index < -0.39 is 0 Å². The number of ether oxygens (including phenoxy) is 1. The number of para-hydroxylation sites is 1. The number of anilines is 2. The summed E-state index contributed by atoms with van der Waals surface area (Å²) in [5, 5.41) is 0. The summed E-state index contributed by atoms with van der Waals surface area (Å²) in [4.78, 5) is 24.2. The lowest BCUT2D eigenvalue weighted by molar-refractivity contribution is -0.141. The number of guanidine groups is 1. The van der Waals surface area contributed by atoms with E-state index in [9.17, 15) is 4.79 Å². The minimum absolute atomic E-state index is 0.207. The Labute approximate surface area is 230 Å². The number of carbonyl (C=O) groups excluding carboxylic acids is 1. The summed E-state index contributed by atoms with van der Waals surface area (Å²) in [6.45, 7) is 0.665. The molecule has 0 amide bonds. The van der Waals surface area contributed by atoms with Gasteiger partial charge in [0.2, 0.25) is 5.96 Å². The van der Waals surface area contributed by atoms with Crippen molar-refractivity contribution in [2.45, 2.75) is 19.0 Å². The van der Waals surface area contributed by atoms with E-state index in [1.807, 2.05) is 57.5 Å². The Balaban J connectivity index is 1.55. The van der Waals surface area contributed by atoms with E-state index in [4.69, 9.17) is 9.73 Å². The van der Waals surface area contributed by atoms with E-state index in [-0.39, 0.29) is 18.4 Å². The fourth-order valence-electron chi connectivity index (χ4n) is 5.01. The van der Waals surface area contributed by atoms with Crippen LogP contribution in [0, 0.1) is 0 Å². The van der Waals surface area contributed by atoms with E-state index in [0.717, 1.165) is 39.7 Å². The molecule has 1 heterocycles. The van der Waals surface area contributed by atoms with Crippen molar-refractivity contribution in [2.75, 3.05) is 38.1 Å². The molecule has 198 valence electrons. The molecule has 0 spiro atoms. The molecule has 0 N–H and O–H groups in total. The van der Waals surface area contributed by atoms with Gasteiger partial charge in [0.05, 0.1) is 25.3 Å². The first-order valence-electron chi connectivity index (χ1n) is 13.1. The molecule has 6 nitrogen and oxygen atoms in total. The lowest BCUT2D eigenvalue weighted by atomic mass is 9.97. The predicted octanol–water partition coefficient (Wildman–Crippen LogP) is 6.66. The second-order valence-corrected chi connectivity index (χ2v) is 9.97. The summed E-state index contributed by atoms with van der Waals surface area (Å²) in [6, 6.07) is 35.1. The van der Waals surface area contributed by atoms with Crippen molar-refractivity contribution in [3.8, 4) is 11.1 Å². The molecule has 1 aliphatic rings. The van der Waals surface area contributed by atoms with E-state index >= 15 is 0 Å². The van der Waals surface area contributed by atoms with Crippen molar-refractivity contribution in [1.82, 2.24) is 4.90 Å². The molecular weight excluding hydrogens is 484 g/mol. The number of hydrogen-bond acceptors (Lipinski definition) is 6. The largest absolute Gasteiger partial charge is 0.469 e. The van der Waals surface area contributed by atoms with Gasteiger partial charge in [-0.05, 0) is 47.0 Å². The molecule has 0 fully saturated rings. The van der Waals surface area contributed by atoms with Gasteiger partial charge in [-0.25, -0.2) is 4.99 Å². The summed E-state index contributed by atoms with van der Waals surface area (Å²) in [5.74, 6) is 0.524. The van der Waals surface area contributed by atoms with Crippen LogP contribution in [0.1, 0.15) is 23.6 Å². The van der Waals surface area contributed by atoms with Crippen molar-refractivity contribution < 1.29 is 9.53 Å². The molecule has 5 rings (SSSR count). The van der Waals surface area contributed by atoms with E-state index in [1.165, 1.54) is 12.7 Å². The zero-order valence-corrected chi connectivity index (χ0v) is 22.9. The van der Waals surface area contributed by atoms with Gasteiger partial charge in [-0.2, -0.15) is 0 Å². The molecule has 1 atom stereocenters. The first kappa shape index (κ1) is 26.0. The van der Waals surface area contributed by atoms with Crippen LogP contribution in [0.15, 0.2) is 108 Å². The van der Waals surface area contributed by atoms with Crippen LogP contribution in [0.4, 0.5) is 17.1 Å². The number of hydrogen-bond donors (Lipinski definition) is 0. The highest BCUT2D eigenvalue weighted by Crippen LogP contribution is 2.41. The average molecular weight is 519 g/mol. The SMILES string of the molecule is COC(=O)CC1c2ccccc2N=C(N(C)Cc2ccc(N(C)C)cc2)N1c1ccc(-c2ccccc2)cc1. The maximum Gasteiger partial charge on any atom is 0.307 e. The Hall–Kier alpha value is -4.58. The molecule has 4 aromatic carbocycles. The van der Waals surface area contributed by atoms with Gasteiger partial charge < -0.3 is 19.4 Å². The molecule has 4 aromatic rings. The molecule has 1 unspecified atom stereocenters. The Morgan fingerprint density at radius 1 is 0.821 bits per heavy atom. The Bertz CT molecular complexity index is 1450. The van der Waals surface area contributed by atoms with Gasteiger partial charge in [-0.3, -0.25) is 4.79 Å². The number of benzene rings is 4. The van der Waals surface area contributed by atoms with Crippen molar-refractivity contribution in [3.05, 3.63) is 114 Å². The molecule has 0 aliphatic carbocycles. The van der Waals surface area contributed by atoms with Crippen molar-refractivity contribution in [1.29, 1.82) is 0 Å². The van der Waals surface area contributed by atoms with Crippen LogP contribution in [0.3, 0.4) is 0 Å². The zero-order valence-electron chi connectivity index (χ0n) is 22.9. The second-order valence-electron chi connectivity index (χ2n) is 9.97. The highest BCUT2D eigenvalue weighted by Gasteiger charge is 2.34. The molecule has 0 bridgehead atoms. The molecule has 0 saturated heterocycles. The number of fused-ring (bicyclic) bond motifs is 1. The molecule has 1 aliphatic heterocycles. The predicted molar refractivity (Wildman–Crippen MR) is 160 cm³/mol. The lowest BCUT2D eigenvalue weighted by Crippen LogP contribution is -2.46. The van der Waals surface area contributed by atoms with Gasteiger partial charge in [0.1, 0.15) is 0 Å². The zero-order chi connectivity index (χ0) is 27.4.